The van der Waals surface area contributed by atoms with Crippen molar-refractivity contribution in [2.24, 2.45) is 11.3 Å². The molecule has 27 heavy (non-hydrogen) atoms. The van der Waals surface area contributed by atoms with Crippen LogP contribution in [0.25, 0.3) is 10.2 Å². The fourth-order valence-electron chi connectivity index (χ4n) is 5.71. The van der Waals surface area contributed by atoms with Crippen molar-refractivity contribution in [2.75, 3.05) is 31.1 Å². The van der Waals surface area contributed by atoms with E-state index in [0.717, 1.165) is 29.8 Å². The smallest absolute Gasteiger partial charge is 0.140 e. The van der Waals surface area contributed by atoms with E-state index in [0.29, 0.717) is 5.41 Å². The van der Waals surface area contributed by atoms with Gasteiger partial charge in [-0.2, -0.15) is 0 Å². The van der Waals surface area contributed by atoms with Gasteiger partial charge in [-0.3, -0.25) is 4.90 Å². The first kappa shape index (κ1) is 17.9. The SMILES string of the molecule is CCc1cc2c(N3CCC4(C3)CN(C(C)C3CCCCC3)C4)ncnc2s1. The summed E-state index contributed by atoms with van der Waals surface area (Å²) in [6, 6.07) is 3.10. The molecule has 0 radical (unpaired) electrons. The maximum absolute atomic E-state index is 4.70. The standard InChI is InChI=1S/C22H32N4S/c1-3-18-11-19-20(23-15-24-21(19)27-18)25-10-9-22(12-25)13-26(14-22)16(2)17-7-5-4-6-8-17/h11,15-17H,3-10,12-14H2,1-2H3. The molecule has 2 saturated heterocycles. The summed E-state index contributed by atoms with van der Waals surface area (Å²) in [6.07, 6.45) is 11.4. The lowest BCUT2D eigenvalue weighted by molar-refractivity contribution is -0.0341. The van der Waals surface area contributed by atoms with Crippen molar-refractivity contribution in [2.45, 2.75) is 64.8 Å². The van der Waals surface area contributed by atoms with Crippen molar-refractivity contribution in [3.63, 3.8) is 0 Å². The second kappa shape index (κ2) is 7.00. The van der Waals surface area contributed by atoms with Gasteiger partial charge in [-0.1, -0.05) is 26.2 Å². The number of aromatic nitrogens is 2. The molecule has 5 rings (SSSR count). The Kier molecular flexibility index (Phi) is 4.63. The van der Waals surface area contributed by atoms with Crippen LogP contribution in [0.2, 0.25) is 0 Å². The van der Waals surface area contributed by atoms with Gasteiger partial charge in [0.2, 0.25) is 0 Å². The molecule has 0 aromatic carbocycles. The molecule has 0 amide bonds. The quantitative estimate of drug-likeness (QED) is 0.762. The molecular weight excluding hydrogens is 352 g/mol. The average Bonchev–Trinajstić information content (AvgIpc) is 3.31. The Morgan fingerprint density at radius 1 is 1.19 bits per heavy atom. The molecule has 2 aromatic rings. The van der Waals surface area contributed by atoms with E-state index in [1.54, 1.807) is 6.33 Å². The molecule has 1 spiro atoms. The zero-order valence-electron chi connectivity index (χ0n) is 16.8. The predicted molar refractivity (Wildman–Crippen MR) is 114 cm³/mol. The molecule has 0 N–H and O–H groups in total. The molecule has 4 heterocycles. The highest BCUT2D eigenvalue weighted by Gasteiger charge is 2.50. The van der Waals surface area contributed by atoms with Crippen molar-refractivity contribution in [3.05, 3.63) is 17.3 Å². The van der Waals surface area contributed by atoms with Crippen molar-refractivity contribution in [1.82, 2.24) is 14.9 Å². The van der Waals surface area contributed by atoms with E-state index < -0.39 is 0 Å². The number of hydrogen-bond donors (Lipinski definition) is 0. The number of hydrogen-bond acceptors (Lipinski definition) is 5. The number of thiophene rings is 1. The number of nitrogens with zero attached hydrogens (tertiary/aromatic N) is 4. The highest BCUT2D eigenvalue weighted by atomic mass is 32.1. The Morgan fingerprint density at radius 3 is 2.78 bits per heavy atom. The van der Waals surface area contributed by atoms with Crippen LogP contribution in [0.1, 0.15) is 57.2 Å². The zero-order chi connectivity index (χ0) is 18.4. The van der Waals surface area contributed by atoms with Crippen molar-refractivity contribution in [1.29, 1.82) is 0 Å². The first-order valence-electron chi connectivity index (χ1n) is 10.9. The molecule has 2 aliphatic heterocycles. The van der Waals surface area contributed by atoms with E-state index >= 15 is 0 Å². The predicted octanol–water partition coefficient (Wildman–Crippen LogP) is 4.73. The van der Waals surface area contributed by atoms with Gasteiger partial charge in [0.25, 0.3) is 0 Å². The fourth-order valence-corrected chi connectivity index (χ4v) is 6.64. The van der Waals surface area contributed by atoms with Crippen LogP contribution in [-0.4, -0.2) is 47.1 Å². The summed E-state index contributed by atoms with van der Waals surface area (Å²) in [6.45, 7) is 9.61. The lowest BCUT2D eigenvalue weighted by Crippen LogP contribution is -2.61. The number of likely N-dealkylation sites (tertiary alicyclic amines) is 1. The van der Waals surface area contributed by atoms with Crippen molar-refractivity contribution < 1.29 is 0 Å². The molecule has 1 atom stereocenters. The van der Waals surface area contributed by atoms with E-state index in [9.17, 15) is 0 Å². The van der Waals surface area contributed by atoms with Crippen molar-refractivity contribution in [3.8, 4) is 0 Å². The van der Waals surface area contributed by atoms with Crippen LogP contribution in [0.4, 0.5) is 5.82 Å². The molecule has 1 saturated carbocycles. The molecule has 3 aliphatic rings. The lowest BCUT2D eigenvalue weighted by atomic mass is 9.75. The summed E-state index contributed by atoms with van der Waals surface area (Å²) in [5.74, 6) is 2.11. The summed E-state index contributed by atoms with van der Waals surface area (Å²) >= 11 is 1.82. The van der Waals surface area contributed by atoms with Gasteiger partial charge in [-0.25, -0.2) is 9.97 Å². The number of rotatable bonds is 4. The number of anilines is 1. The van der Waals surface area contributed by atoms with Crippen LogP contribution in [0.15, 0.2) is 12.4 Å². The summed E-state index contributed by atoms with van der Waals surface area (Å²) in [5.41, 5.74) is 0.504. The van der Waals surface area contributed by atoms with Gasteiger partial charge < -0.3 is 4.90 Å². The van der Waals surface area contributed by atoms with Crippen LogP contribution >= 0.6 is 11.3 Å². The van der Waals surface area contributed by atoms with Gasteiger partial charge in [-0.05, 0) is 44.6 Å². The van der Waals surface area contributed by atoms with Crippen LogP contribution < -0.4 is 4.90 Å². The second-order valence-electron chi connectivity index (χ2n) is 9.20. The topological polar surface area (TPSA) is 32.3 Å². The largest absolute Gasteiger partial charge is 0.355 e. The van der Waals surface area contributed by atoms with Crippen LogP contribution in [0, 0.1) is 11.3 Å². The minimum absolute atomic E-state index is 0.504. The van der Waals surface area contributed by atoms with Gasteiger partial charge >= 0.3 is 0 Å². The average molecular weight is 385 g/mol. The molecule has 2 aromatic heterocycles. The highest BCUT2D eigenvalue weighted by molar-refractivity contribution is 7.18. The molecule has 1 aliphatic carbocycles. The maximum atomic E-state index is 4.70. The molecule has 3 fully saturated rings. The van der Waals surface area contributed by atoms with Gasteiger partial charge in [0.05, 0.1) is 5.39 Å². The number of aryl methyl sites for hydroxylation is 1. The normalized spacial score (nSPS) is 24.6. The Bertz CT molecular complexity index is 804. The Morgan fingerprint density at radius 2 is 2.00 bits per heavy atom. The van der Waals surface area contributed by atoms with Gasteiger partial charge in [0, 0.05) is 42.5 Å². The van der Waals surface area contributed by atoms with E-state index in [-0.39, 0.29) is 0 Å². The second-order valence-corrected chi connectivity index (χ2v) is 10.3. The third-order valence-electron chi connectivity index (χ3n) is 7.43. The Hall–Kier alpha value is -1.20. The lowest BCUT2D eigenvalue weighted by Gasteiger charge is -2.53. The summed E-state index contributed by atoms with van der Waals surface area (Å²) in [7, 11) is 0. The van der Waals surface area contributed by atoms with Crippen molar-refractivity contribution >= 4 is 27.4 Å². The summed E-state index contributed by atoms with van der Waals surface area (Å²) in [5, 5.41) is 1.27. The highest BCUT2D eigenvalue weighted by Crippen LogP contribution is 2.45. The first-order chi connectivity index (χ1) is 13.2. The van der Waals surface area contributed by atoms with E-state index in [4.69, 9.17) is 4.98 Å². The van der Waals surface area contributed by atoms with Crippen LogP contribution in [0.5, 0.6) is 0 Å². The van der Waals surface area contributed by atoms with Gasteiger partial charge in [0.15, 0.2) is 0 Å². The Labute approximate surface area is 167 Å². The first-order valence-corrected chi connectivity index (χ1v) is 11.7. The maximum Gasteiger partial charge on any atom is 0.140 e. The summed E-state index contributed by atoms with van der Waals surface area (Å²) < 4.78 is 0. The third-order valence-corrected chi connectivity index (χ3v) is 8.62. The third kappa shape index (κ3) is 3.17. The minimum atomic E-state index is 0.504. The monoisotopic (exact) mass is 384 g/mol. The van der Waals surface area contributed by atoms with Gasteiger partial charge in [0.1, 0.15) is 17.0 Å². The molecule has 0 bridgehead atoms. The van der Waals surface area contributed by atoms with E-state index in [1.165, 1.54) is 74.2 Å². The molecular formula is C22H32N4S. The minimum Gasteiger partial charge on any atom is -0.355 e. The van der Waals surface area contributed by atoms with Crippen LogP contribution in [-0.2, 0) is 6.42 Å². The molecule has 5 heteroatoms. The zero-order valence-corrected chi connectivity index (χ0v) is 17.6. The molecule has 4 nitrogen and oxygen atoms in total. The summed E-state index contributed by atoms with van der Waals surface area (Å²) in [4.78, 5) is 17.1. The van der Waals surface area contributed by atoms with Gasteiger partial charge in [-0.15, -0.1) is 11.3 Å². The van der Waals surface area contributed by atoms with E-state index in [2.05, 4.69) is 34.7 Å². The molecule has 1 unspecified atom stereocenters. The Balaban J connectivity index is 1.27. The van der Waals surface area contributed by atoms with Crippen LogP contribution in [0.3, 0.4) is 0 Å². The van der Waals surface area contributed by atoms with E-state index in [1.807, 2.05) is 11.3 Å². The number of fused-ring (bicyclic) bond motifs is 1. The molecule has 146 valence electrons. The fraction of sp³-hybridized carbons (Fsp3) is 0.727.